The minimum absolute atomic E-state index is 0.192. The van der Waals surface area contributed by atoms with Gasteiger partial charge < -0.3 is 5.73 Å². The average molecular weight is 167 g/mol. The predicted molar refractivity (Wildman–Crippen MR) is 53.8 cm³/mol. The second-order valence-corrected chi connectivity index (χ2v) is 5.17. The molecule has 1 atom stereocenters. The Morgan fingerprint density at radius 3 is 1.83 bits per heavy atom. The Balaban J connectivity index is 2.60. The van der Waals surface area contributed by atoms with Crippen LogP contribution in [-0.2, 0) is 0 Å². The summed E-state index contributed by atoms with van der Waals surface area (Å²) in [4.78, 5) is 0. The van der Waals surface area contributed by atoms with Gasteiger partial charge in [-0.05, 0) is 23.7 Å². The summed E-state index contributed by atoms with van der Waals surface area (Å²) in [6.45, 7) is 11.3. The van der Waals surface area contributed by atoms with E-state index in [0.717, 1.165) is 0 Å². The third kappa shape index (κ3) is 1.31. The summed E-state index contributed by atoms with van der Waals surface area (Å²) in [5, 5.41) is 0. The van der Waals surface area contributed by atoms with Gasteiger partial charge in [-0.2, -0.15) is 0 Å². The Morgan fingerprint density at radius 1 is 1.17 bits per heavy atom. The fourth-order valence-electron chi connectivity index (χ4n) is 2.01. The van der Waals surface area contributed by atoms with Gasteiger partial charge in [-0.25, -0.2) is 0 Å². The van der Waals surface area contributed by atoms with Crippen LogP contribution in [0.5, 0.6) is 0 Å². The van der Waals surface area contributed by atoms with E-state index in [1.54, 1.807) is 0 Å². The van der Waals surface area contributed by atoms with E-state index in [0.29, 0.717) is 16.7 Å². The first-order valence-electron chi connectivity index (χ1n) is 4.74. The molecular formula is C11H21N. The van der Waals surface area contributed by atoms with Crippen molar-refractivity contribution in [2.45, 2.75) is 40.7 Å². The van der Waals surface area contributed by atoms with E-state index in [1.165, 1.54) is 0 Å². The van der Waals surface area contributed by atoms with Gasteiger partial charge in [0.15, 0.2) is 0 Å². The summed E-state index contributed by atoms with van der Waals surface area (Å²) in [5.74, 6) is 0.705. The molecule has 1 unspecified atom stereocenters. The molecule has 1 saturated carbocycles. The summed E-state index contributed by atoms with van der Waals surface area (Å²) in [5.41, 5.74) is 6.57. The molecule has 0 amide bonds. The molecule has 1 aliphatic rings. The molecule has 0 aromatic rings. The molecule has 1 aliphatic carbocycles. The Kier molecular flexibility index (Phi) is 2.12. The fourth-order valence-corrected chi connectivity index (χ4v) is 2.01. The molecule has 0 aromatic heterocycles. The second-order valence-electron chi connectivity index (χ2n) is 5.17. The highest BCUT2D eigenvalue weighted by molar-refractivity contribution is 5.20. The third-order valence-electron chi connectivity index (χ3n) is 3.74. The second kappa shape index (κ2) is 2.59. The number of hydrogen-bond acceptors (Lipinski definition) is 1. The van der Waals surface area contributed by atoms with Crippen LogP contribution in [0.2, 0.25) is 0 Å². The highest BCUT2D eigenvalue weighted by Gasteiger charge is 2.62. The van der Waals surface area contributed by atoms with Crippen molar-refractivity contribution in [1.82, 2.24) is 0 Å². The van der Waals surface area contributed by atoms with Gasteiger partial charge in [-0.3, -0.25) is 0 Å². The molecule has 1 heteroatoms. The summed E-state index contributed by atoms with van der Waals surface area (Å²) in [6, 6.07) is 0.192. The Hall–Kier alpha value is -0.300. The van der Waals surface area contributed by atoms with Crippen molar-refractivity contribution < 1.29 is 0 Å². The molecule has 0 heterocycles. The SMILES string of the molecule is CC(N)/C=C/C1C(C)(C)C1(C)C. The summed E-state index contributed by atoms with van der Waals surface area (Å²) in [6.07, 6.45) is 4.39. The lowest BCUT2D eigenvalue weighted by Crippen LogP contribution is -2.10. The lowest BCUT2D eigenvalue weighted by Gasteiger charge is -2.03. The van der Waals surface area contributed by atoms with Gasteiger partial charge in [0.25, 0.3) is 0 Å². The van der Waals surface area contributed by atoms with Crippen molar-refractivity contribution in [3.63, 3.8) is 0 Å². The molecule has 0 radical (unpaired) electrons. The first-order chi connectivity index (χ1) is 5.30. The molecule has 12 heavy (non-hydrogen) atoms. The number of rotatable bonds is 2. The topological polar surface area (TPSA) is 26.0 Å². The van der Waals surface area contributed by atoms with E-state index in [9.17, 15) is 0 Å². The van der Waals surface area contributed by atoms with Crippen molar-refractivity contribution in [1.29, 1.82) is 0 Å². The van der Waals surface area contributed by atoms with Crippen molar-refractivity contribution in [3.05, 3.63) is 12.2 Å². The Morgan fingerprint density at radius 2 is 1.58 bits per heavy atom. The fraction of sp³-hybridized carbons (Fsp3) is 0.818. The maximum absolute atomic E-state index is 5.66. The first-order valence-corrected chi connectivity index (χ1v) is 4.74. The molecule has 2 N–H and O–H groups in total. The van der Waals surface area contributed by atoms with Gasteiger partial charge >= 0.3 is 0 Å². The van der Waals surface area contributed by atoms with E-state index < -0.39 is 0 Å². The zero-order valence-corrected chi connectivity index (χ0v) is 8.89. The smallest absolute Gasteiger partial charge is 0.0194 e. The van der Waals surface area contributed by atoms with Crippen molar-refractivity contribution >= 4 is 0 Å². The first kappa shape index (κ1) is 9.79. The zero-order valence-electron chi connectivity index (χ0n) is 8.89. The minimum Gasteiger partial charge on any atom is -0.325 e. The van der Waals surface area contributed by atoms with Gasteiger partial charge in [0.05, 0.1) is 0 Å². The Labute approximate surface area is 76.0 Å². The number of nitrogens with two attached hydrogens (primary N) is 1. The lowest BCUT2D eigenvalue weighted by molar-refractivity contribution is 0.457. The van der Waals surface area contributed by atoms with Gasteiger partial charge in [0, 0.05) is 6.04 Å². The standard InChI is InChI=1S/C11H21N/c1-8(12)6-7-9-10(2,3)11(9,4)5/h6-9H,12H2,1-5H3/b7-6+. The quantitative estimate of drug-likeness (QED) is 0.628. The van der Waals surface area contributed by atoms with E-state index in [2.05, 4.69) is 39.8 Å². The van der Waals surface area contributed by atoms with E-state index in [1.807, 2.05) is 6.92 Å². The van der Waals surface area contributed by atoms with Gasteiger partial charge in [-0.15, -0.1) is 0 Å². The molecule has 1 nitrogen and oxygen atoms in total. The van der Waals surface area contributed by atoms with Gasteiger partial charge in [0.1, 0.15) is 0 Å². The Bertz CT molecular complexity index is 185. The maximum atomic E-state index is 5.66. The number of allylic oxidation sites excluding steroid dienone is 1. The maximum Gasteiger partial charge on any atom is 0.0194 e. The molecule has 0 spiro atoms. The van der Waals surface area contributed by atoms with E-state index >= 15 is 0 Å². The van der Waals surface area contributed by atoms with E-state index in [-0.39, 0.29) is 6.04 Å². The zero-order chi connectivity index (χ0) is 9.57. The monoisotopic (exact) mass is 167 g/mol. The summed E-state index contributed by atoms with van der Waals surface area (Å²) < 4.78 is 0. The molecule has 0 saturated heterocycles. The average Bonchev–Trinajstić information content (AvgIpc) is 2.21. The van der Waals surface area contributed by atoms with Crippen LogP contribution >= 0.6 is 0 Å². The van der Waals surface area contributed by atoms with Crippen LogP contribution in [0.3, 0.4) is 0 Å². The third-order valence-corrected chi connectivity index (χ3v) is 3.74. The van der Waals surface area contributed by atoms with Crippen molar-refractivity contribution in [2.24, 2.45) is 22.5 Å². The largest absolute Gasteiger partial charge is 0.325 e. The molecular weight excluding hydrogens is 146 g/mol. The van der Waals surface area contributed by atoms with Crippen LogP contribution in [-0.4, -0.2) is 6.04 Å². The molecule has 1 rings (SSSR count). The van der Waals surface area contributed by atoms with Gasteiger partial charge in [0.2, 0.25) is 0 Å². The van der Waals surface area contributed by atoms with Crippen LogP contribution in [0, 0.1) is 16.7 Å². The molecule has 0 aromatic carbocycles. The molecule has 70 valence electrons. The van der Waals surface area contributed by atoms with Crippen LogP contribution in [0.1, 0.15) is 34.6 Å². The molecule has 0 aliphatic heterocycles. The van der Waals surface area contributed by atoms with Crippen LogP contribution in [0.15, 0.2) is 12.2 Å². The predicted octanol–water partition coefficient (Wildman–Crippen LogP) is 2.57. The highest BCUT2D eigenvalue weighted by Crippen LogP contribution is 2.68. The number of hydrogen-bond donors (Lipinski definition) is 1. The van der Waals surface area contributed by atoms with E-state index in [4.69, 9.17) is 5.73 Å². The summed E-state index contributed by atoms with van der Waals surface area (Å²) in [7, 11) is 0. The molecule has 1 fully saturated rings. The minimum atomic E-state index is 0.192. The van der Waals surface area contributed by atoms with Crippen molar-refractivity contribution in [2.75, 3.05) is 0 Å². The van der Waals surface area contributed by atoms with Crippen molar-refractivity contribution in [3.8, 4) is 0 Å². The van der Waals surface area contributed by atoms with Crippen LogP contribution in [0.25, 0.3) is 0 Å². The van der Waals surface area contributed by atoms with Crippen LogP contribution < -0.4 is 5.73 Å². The summed E-state index contributed by atoms with van der Waals surface area (Å²) >= 11 is 0. The van der Waals surface area contributed by atoms with Crippen LogP contribution in [0.4, 0.5) is 0 Å². The normalized spacial score (nSPS) is 29.2. The van der Waals surface area contributed by atoms with Gasteiger partial charge in [-0.1, -0.05) is 39.8 Å². The highest BCUT2D eigenvalue weighted by atomic mass is 14.7. The molecule has 0 bridgehead atoms. The lowest BCUT2D eigenvalue weighted by atomic mass is 10.0.